The van der Waals surface area contributed by atoms with E-state index < -0.39 is 0 Å². The van der Waals surface area contributed by atoms with E-state index >= 15 is 0 Å². The highest BCUT2D eigenvalue weighted by Gasteiger charge is 2.00. The summed E-state index contributed by atoms with van der Waals surface area (Å²) in [7, 11) is 0. The van der Waals surface area contributed by atoms with E-state index in [0.29, 0.717) is 11.6 Å². The Labute approximate surface area is 97.9 Å². The molecule has 4 heteroatoms. The molecule has 0 bridgehead atoms. The minimum atomic E-state index is 0.480. The molecule has 1 heterocycles. The number of nitrogens with two attached hydrogens (primary N) is 1. The van der Waals surface area contributed by atoms with Crippen molar-refractivity contribution in [3.63, 3.8) is 0 Å². The van der Waals surface area contributed by atoms with Crippen molar-refractivity contribution in [3.05, 3.63) is 46.5 Å². The average Bonchev–Trinajstić information content (AvgIpc) is 2.67. The van der Waals surface area contributed by atoms with E-state index in [0.717, 1.165) is 23.1 Å². The third-order valence-corrected chi connectivity index (χ3v) is 3.12. The van der Waals surface area contributed by atoms with Gasteiger partial charge in [-0.3, -0.25) is 0 Å². The van der Waals surface area contributed by atoms with E-state index in [2.05, 4.69) is 4.98 Å². The summed E-state index contributed by atoms with van der Waals surface area (Å²) in [6.07, 6.45) is 4.04. The van der Waals surface area contributed by atoms with E-state index in [1.807, 2.05) is 24.3 Å². The molecule has 0 spiro atoms. The Morgan fingerprint density at radius 1 is 1.25 bits per heavy atom. The van der Waals surface area contributed by atoms with Gasteiger partial charge in [-0.15, -0.1) is 11.3 Å². The molecule has 0 fully saturated rings. The van der Waals surface area contributed by atoms with Crippen molar-refractivity contribution in [2.45, 2.75) is 12.8 Å². The third kappa shape index (κ3) is 2.67. The second-order valence-corrected chi connectivity index (χ2v) is 4.68. The van der Waals surface area contributed by atoms with Crippen LogP contribution in [0.2, 0.25) is 0 Å². The molecule has 0 unspecified atom stereocenters. The highest BCUT2D eigenvalue weighted by Crippen LogP contribution is 2.18. The van der Waals surface area contributed by atoms with Crippen LogP contribution in [-0.2, 0) is 17.6 Å². The van der Waals surface area contributed by atoms with Gasteiger partial charge in [0.05, 0.1) is 0 Å². The maximum absolute atomic E-state index is 10.3. The molecular formula is C12H12N2OS. The summed E-state index contributed by atoms with van der Waals surface area (Å²) in [5.74, 6) is 0. The van der Waals surface area contributed by atoms with Crippen LogP contribution in [0.5, 0.6) is 0 Å². The summed E-state index contributed by atoms with van der Waals surface area (Å²) in [5.41, 5.74) is 7.82. The first kappa shape index (κ1) is 10.8. The zero-order valence-corrected chi connectivity index (χ0v) is 9.54. The SMILES string of the molecule is Nc1ncc(Cc2ccc(CC=O)cc2)s1. The Bertz CT molecular complexity index is 476. The van der Waals surface area contributed by atoms with Gasteiger partial charge in [0, 0.05) is 23.9 Å². The molecule has 16 heavy (non-hydrogen) atoms. The molecule has 0 aliphatic carbocycles. The number of anilines is 1. The van der Waals surface area contributed by atoms with Crippen LogP contribution in [0, 0.1) is 0 Å². The largest absolute Gasteiger partial charge is 0.375 e. The highest BCUT2D eigenvalue weighted by atomic mass is 32.1. The van der Waals surface area contributed by atoms with Crippen LogP contribution in [0.4, 0.5) is 5.13 Å². The van der Waals surface area contributed by atoms with E-state index in [9.17, 15) is 4.79 Å². The first-order chi connectivity index (χ1) is 7.78. The quantitative estimate of drug-likeness (QED) is 0.821. The van der Waals surface area contributed by atoms with Crippen molar-refractivity contribution < 1.29 is 4.79 Å². The first-order valence-electron chi connectivity index (χ1n) is 4.99. The molecular weight excluding hydrogens is 220 g/mol. The second-order valence-electron chi connectivity index (χ2n) is 3.53. The van der Waals surface area contributed by atoms with Gasteiger partial charge in [0.1, 0.15) is 6.29 Å². The van der Waals surface area contributed by atoms with E-state index in [1.54, 1.807) is 6.20 Å². The van der Waals surface area contributed by atoms with Crippen LogP contribution in [0.3, 0.4) is 0 Å². The molecule has 0 radical (unpaired) electrons. The van der Waals surface area contributed by atoms with Crippen molar-refractivity contribution in [2.75, 3.05) is 5.73 Å². The fraction of sp³-hybridized carbons (Fsp3) is 0.167. The number of hydrogen-bond donors (Lipinski definition) is 1. The zero-order valence-electron chi connectivity index (χ0n) is 8.72. The Morgan fingerprint density at radius 3 is 2.50 bits per heavy atom. The minimum absolute atomic E-state index is 0.480. The summed E-state index contributed by atoms with van der Waals surface area (Å²) in [5, 5.41) is 0.604. The molecule has 2 rings (SSSR count). The Balaban J connectivity index is 2.07. The monoisotopic (exact) mass is 232 g/mol. The topological polar surface area (TPSA) is 56.0 Å². The molecule has 0 aliphatic rings. The summed E-state index contributed by atoms with van der Waals surface area (Å²) < 4.78 is 0. The molecule has 2 N–H and O–H groups in total. The standard InChI is InChI=1S/C12H12N2OS/c13-12-14-8-11(16-12)7-10-3-1-9(2-4-10)5-6-15/h1-4,6,8H,5,7H2,(H2,13,14). The molecule has 0 amide bonds. The number of aromatic nitrogens is 1. The van der Waals surface area contributed by atoms with Gasteiger partial charge in [-0.2, -0.15) is 0 Å². The van der Waals surface area contributed by atoms with Gasteiger partial charge in [0.15, 0.2) is 5.13 Å². The van der Waals surface area contributed by atoms with Gasteiger partial charge in [0.2, 0.25) is 0 Å². The van der Waals surface area contributed by atoms with E-state index in [-0.39, 0.29) is 0 Å². The number of nitrogens with zero attached hydrogens (tertiary/aromatic N) is 1. The van der Waals surface area contributed by atoms with Gasteiger partial charge in [-0.1, -0.05) is 24.3 Å². The summed E-state index contributed by atoms with van der Waals surface area (Å²) in [6.45, 7) is 0. The van der Waals surface area contributed by atoms with Gasteiger partial charge in [0.25, 0.3) is 0 Å². The van der Waals surface area contributed by atoms with Gasteiger partial charge in [-0.05, 0) is 11.1 Å². The fourth-order valence-corrected chi connectivity index (χ4v) is 2.21. The van der Waals surface area contributed by atoms with Crippen LogP contribution in [-0.4, -0.2) is 11.3 Å². The molecule has 0 aliphatic heterocycles. The molecule has 82 valence electrons. The number of rotatable bonds is 4. The van der Waals surface area contributed by atoms with Gasteiger partial charge >= 0.3 is 0 Å². The third-order valence-electron chi connectivity index (χ3n) is 2.29. The van der Waals surface area contributed by atoms with E-state index in [1.165, 1.54) is 16.9 Å². The lowest BCUT2D eigenvalue weighted by Crippen LogP contribution is -1.88. The van der Waals surface area contributed by atoms with Crippen molar-refractivity contribution >= 4 is 22.8 Å². The lowest BCUT2D eigenvalue weighted by atomic mass is 10.1. The molecule has 0 saturated carbocycles. The van der Waals surface area contributed by atoms with Crippen LogP contribution in [0.15, 0.2) is 30.5 Å². The van der Waals surface area contributed by atoms with Crippen molar-refractivity contribution in [1.29, 1.82) is 0 Å². The maximum Gasteiger partial charge on any atom is 0.180 e. The van der Waals surface area contributed by atoms with Crippen LogP contribution >= 0.6 is 11.3 Å². The molecule has 1 aromatic carbocycles. The normalized spacial score (nSPS) is 10.2. The number of benzene rings is 1. The molecule has 2 aromatic rings. The Hall–Kier alpha value is -1.68. The predicted molar refractivity (Wildman–Crippen MR) is 65.5 cm³/mol. The van der Waals surface area contributed by atoms with Gasteiger partial charge in [-0.25, -0.2) is 4.98 Å². The molecule has 0 saturated heterocycles. The number of carbonyl (C=O) groups excluding carboxylic acids is 1. The number of hydrogen-bond acceptors (Lipinski definition) is 4. The van der Waals surface area contributed by atoms with Crippen LogP contribution < -0.4 is 5.73 Å². The highest BCUT2D eigenvalue weighted by molar-refractivity contribution is 7.15. The van der Waals surface area contributed by atoms with Crippen LogP contribution in [0.1, 0.15) is 16.0 Å². The summed E-state index contributed by atoms with van der Waals surface area (Å²) >= 11 is 1.51. The maximum atomic E-state index is 10.3. The first-order valence-corrected chi connectivity index (χ1v) is 5.81. The van der Waals surface area contributed by atoms with Crippen LogP contribution in [0.25, 0.3) is 0 Å². The summed E-state index contributed by atoms with van der Waals surface area (Å²) in [6, 6.07) is 8.03. The molecule has 0 atom stereocenters. The average molecular weight is 232 g/mol. The Morgan fingerprint density at radius 2 is 1.94 bits per heavy atom. The predicted octanol–water partition coefficient (Wildman–Crippen LogP) is 2.06. The smallest absolute Gasteiger partial charge is 0.180 e. The van der Waals surface area contributed by atoms with Crippen molar-refractivity contribution in [3.8, 4) is 0 Å². The second kappa shape index (κ2) is 4.90. The number of aldehydes is 1. The number of carbonyl (C=O) groups is 1. The van der Waals surface area contributed by atoms with Gasteiger partial charge < -0.3 is 10.5 Å². The number of thiazole rings is 1. The zero-order chi connectivity index (χ0) is 11.4. The lowest BCUT2D eigenvalue weighted by molar-refractivity contribution is -0.107. The van der Waals surface area contributed by atoms with Crippen molar-refractivity contribution in [2.24, 2.45) is 0 Å². The lowest BCUT2D eigenvalue weighted by Gasteiger charge is -2.00. The fourth-order valence-electron chi connectivity index (χ4n) is 1.49. The molecule has 3 nitrogen and oxygen atoms in total. The minimum Gasteiger partial charge on any atom is -0.375 e. The molecule has 1 aromatic heterocycles. The number of nitrogen functional groups attached to an aromatic ring is 1. The van der Waals surface area contributed by atoms with E-state index in [4.69, 9.17) is 5.73 Å². The summed E-state index contributed by atoms with van der Waals surface area (Å²) in [4.78, 5) is 15.5. The Kier molecular flexibility index (Phi) is 3.31. The van der Waals surface area contributed by atoms with Crippen molar-refractivity contribution in [1.82, 2.24) is 4.98 Å².